The van der Waals surface area contributed by atoms with Crippen LogP contribution in [0.4, 0.5) is 4.79 Å². The molecule has 1 unspecified atom stereocenters. The molecule has 1 aliphatic heterocycles. The number of amides is 1. The molecule has 0 aliphatic carbocycles. The number of nitrogens with zero attached hydrogens (tertiary/aromatic N) is 1. The molecular formula is C20H29NO5. The zero-order chi connectivity index (χ0) is 19.6. The highest BCUT2D eigenvalue weighted by atomic mass is 16.6. The Kier molecular flexibility index (Phi) is 5.84. The number of hydrogen-bond donors (Lipinski definition) is 1. The minimum Gasteiger partial charge on any atom is -0.496 e. The van der Waals surface area contributed by atoms with Gasteiger partial charge >= 0.3 is 12.1 Å². The fraction of sp³-hybridized carbons (Fsp3) is 0.600. The topological polar surface area (TPSA) is 76.1 Å². The van der Waals surface area contributed by atoms with Gasteiger partial charge in [-0.25, -0.2) is 9.59 Å². The number of aliphatic carboxylic acids is 1. The number of ether oxygens (including phenoxy) is 2. The smallest absolute Gasteiger partial charge is 0.411 e. The van der Waals surface area contributed by atoms with Crippen LogP contribution in [0.15, 0.2) is 12.1 Å². The largest absolute Gasteiger partial charge is 0.496 e. The monoisotopic (exact) mass is 363 g/mol. The van der Waals surface area contributed by atoms with Gasteiger partial charge in [0.25, 0.3) is 0 Å². The molecule has 0 aromatic heterocycles. The molecule has 0 bridgehead atoms. The second-order valence-corrected chi connectivity index (χ2v) is 7.89. The van der Waals surface area contributed by atoms with E-state index in [1.54, 1.807) is 27.9 Å². The Labute approximate surface area is 155 Å². The standard InChI is InChI=1S/C20H29NO5/c1-12-10-14(11-13(2)17(12)25-6)15-8-7-9-21(16(15)18(22)23)19(24)26-20(3,4)5/h10-11,15-16H,7-9H2,1-6H3,(H,22,23)/t15?,16-/m1/s1. The summed E-state index contributed by atoms with van der Waals surface area (Å²) in [7, 11) is 1.62. The normalized spacial score (nSPS) is 20.6. The highest BCUT2D eigenvalue weighted by Crippen LogP contribution is 2.37. The van der Waals surface area contributed by atoms with Gasteiger partial charge in [-0.3, -0.25) is 4.90 Å². The van der Waals surface area contributed by atoms with Crippen molar-refractivity contribution in [3.63, 3.8) is 0 Å². The average Bonchev–Trinajstić information content (AvgIpc) is 2.52. The summed E-state index contributed by atoms with van der Waals surface area (Å²) >= 11 is 0. The maximum Gasteiger partial charge on any atom is 0.411 e. The highest BCUT2D eigenvalue weighted by Gasteiger charge is 2.42. The lowest BCUT2D eigenvalue weighted by molar-refractivity contribution is -0.145. The molecule has 26 heavy (non-hydrogen) atoms. The molecule has 6 nitrogen and oxygen atoms in total. The average molecular weight is 363 g/mol. The van der Waals surface area contributed by atoms with E-state index in [1.807, 2.05) is 26.0 Å². The molecule has 144 valence electrons. The Morgan fingerprint density at radius 2 is 1.77 bits per heavy atom. The van der Waals surface area contributed by atoms with E-state index in [4.69, 9.17) is 9.47 Å². The van der Waals surface area contributed by atoms with Gasteiger partial charge in [0, 0.05) is 12.5 Å². The Hall–Kier alpha value is -2.24. The number of likely N-dealkylation sites (tertiary alicyclic amines) is 1. The van der Waals surface area contributed by atoms with Crippen molar-refractivity contribution in [1.82, 2.24) is 4.90 Å². The van der Waals surface area contributed by atoms with Gasteiger partial charge in [0.1, 0.15) is 17.4 Å². The van der Waals surface area contributed by atoms with Crippen molar-refractivity contribution in [1.29, 1.82) is 0 Å². The zero-order valence-corrected chi connectivity index (χ0v) is 16.5. The van der Waals surface area contributed by atoms with E-state index >= 15 is 0 Å². The van der Waals surface area contributed by atoms with Crippen molar-refractivity contribution in [2.24, 2.45) is 0 Å². The van der Waals surface area contributed by atoms with E-state index in [2.05, 4.69) is 0 Å². The minimum absolute atomic E-state index is 0.280. The Balaban J connectivity index is 2.39. The minimum atomic E-state index is -1.01. The van der Waals surface area contributed by atoms with Gasteiger partial charge in [-0.05, 0) is 64.2 Å². The molecule has 1 amide bonds. The van der Waals surface area contributed by atoms with Crippen LogP contribution in [0.2, 0.25) is 0 Å². The van der Waals surface area contributed by atoms with Crippen LogP contribution in [0.25, 0.3) is 0 Å². The second kappa shape index (κ2) is 7.56. The van der Waals surface area contributed by atoms with Crippen LogP contribution >= 0.6 is 0 Å². The third kappa shape index (κ3) is 4.29. The first kappa shape index (κ1) is 20.1. The first-order chi connectivity index (χ1) is 12.0. The summed E-state index contributed by atoms with van der Waals surface area (Å²) in [6.07, 6.45) is 0.871. The molecule has 1 N–H and O–H groups in total. The van der Waals surface area contributed by atoms with Crippen LogP contribution in [-0.4, -0.2) is 47.4 Å². The predicted octanol–water partition coefficient (Wildman–Crippen LogP) is 3.88. The highest BCUT2D eigenvalue weighted by molar-refractivity contribution is 5.81. The fourth-order valence-corrected chi connectivity index (χ4v) is 3.70. The van der Waals surface area contributed by atoms with Crippen molar-refractivity contribution in [3.8, 4) is 5.75 Å². The molecule has 0 saturated carbocycles. The number of carboxylic acid groups (broad SMARTS) is 1. The summed E-state index contributed by atoms with van der Waals surface area (Å²) in [6.45, 7) is 9.60. The van der Waals surface area contributed by atoms with E-state index in [1.165, 1.54) is 4.90 Å². The van der Waals surface area contributed by atoms with Crippen molar-refractivity contribution < 1.29 is 24.2 Å². The number of methoxy groups -OCH3 is 1. The number of carbonyl (C=O) groups is 2. The van der Waals surface area contributed by atoms with Crippen LogP contribution in [0.3, 0.4) is 0 Å². The molecule has 1 aliphatic rings. The molecule has 2 atom stereocenters. The molecule has 0 radical (unpaired) electrons. The summed E-state index contributed by atoms with van der Waals surface area (Å²) in [5, 5.41) is 9.85. The molecule has 1 heterocycles. The summed E-state index contributed by atoms with van der Waals surface area (Å²) in [5.74, 6) is -0.482. The molecule has 2 rings (SSSR count). The first-order valence-corrected chi connectivity index (χ1v) is 8.92. The van der Waals surface area contributed by atoms with Gasteiger partial charge in [-0.15, -0.1) is 0 Å². The van der Waals surface area contributed by atoms with Gasteiger partial charge in [-0.1, -0.05) is 12.1 Å². The van der Waals surface area contributed by atoms with Gasteiger partial charge in [-0.2, -0.15) is 0 Å². The van der Waals surface area contributed by atoms with Gasteiger partial charge in [0.05, 0.1) is 7.11 Å². The number of hydrogen-bond acceptors (Lipinski definition) is 4. The second-order valence-electron chi connectivity index (χ2n) is 7.89. The van der Waals surface area contributed by atoms with Crippen molar-refractivity contribution in [2.45, 2.75) is 65.0 Å². The Morgan fingerprint density at radius 1 is 1.19 bits per heavy atom. The SMILES string of the molecule is COc1c(C)cc(C2CCCN(C(=O)OC(C)(C)C)[C@H]2C(=O)O)cc1C. The third-order valence-electron chi connectivity index (χ3n) is 4.63. The maximum absolute atomic E-state index is 12.6. The summed E-state index contributed by atoms with van der Waals surface area (Å²) in [4.78, 5) is 26.0. The summed E-state index contributed by atoms with van der Waals surface area (Å²) in [5.41, 5.74) is 2.17. The number of carboxylic acids is 1. The summed E-state index contributed by atoms with van der Waals surface area (Å²) in [6, 6.07) is 2.99. The predicted molar refractivity (Wildman–Crippen MR) is 98.8 cm³/mol. The lowest BCUT2D eigenvalue weighted by Crippen LogP contribution is -2.53. The van der Waals surface area contributed by atoms with Crippen molar-refractivity contribution in [3.05, 3.63) is 28.8 Å². The molecular weight excluding hydrogens is 334 g/mol. The van der Waals surface area contributed by atoms with Crippen LogP contribution < -0.4 is 4.74 Å². The molecule has 0 spiro atoms. The number of piperidine rings is 1. The molecule has 6 heteroatoms. The lowest BCUT2D eigenvalue weighted by atomic mass is 9.82. The lowest BCUT2D eigenvalue weighted by Gasteiger charge is -2.39. The van der Waals surface area contributed by atoms with E-state index in [0.717, 1.165) is 28.9 Å². The summed E-state index contributed by atoms with van der Waals surface area (Å²) < 4.78 is 10.8. The third-order valence-corrected chi connectivity index (χ3v) is 4.63. The Bertz CT molecular complexity index is 669. The first-order valence-electron chi connectivity index (χ1n) is 8.92. The molecule has 1 saturated heterocycles. The Morgan fingerprint density at radius 3 is 2.23 bits per heavy atom. The number of benzene rings is 1. The quantitative estimate of drug-likeness (QED) is 0.882. The van der Waals surface area contributed by atoms with Crippen LogP contribution in [-0.2, 0) is 9.53 Å². The van der Waals surface area contributed by atoms with Crippen molar-refractivity contribution >= 4 is 12.1 Å². The molecule has 1 aromatic rings. The van der Waals surface area contributed by atoms with E-state index in [9.17, 15) is 14.7 Å². The van der Waals surface area contributed by atoms with Crippen LogP contribution in [0.5, 0.6) is 5.75 Å². The van der Waals surface area contributed by atoms with Gasteiger partial charge < -0.3 is 14.6 Å². The molecule has 1 fully saturated rings. The number of rotatable bonds is 3. The van der Waals surface area contributed by atoms with Gasteiger partial charge in [0.15, 0.2) is 0 Å². The van der Waals surface area contributed by atoms with E-state index in [-0.39, 0.29) is 5.92 Å². The van der Waals surface area contributed by atoms with Gasteiger partial charge in [0.2, 0.25) is 0 Å². The van der Waals surface area contributed by atoms with Crippen LogP contribution in [0.1, 0.15) is 56.2 Å². The van der Waals surface area contributed by atoms with E-state index < -0.39 is 23.7 Å². The molecule has 1 aromatic carbocycles. The zero-order valence-electron chi connectivity index (χ0n) is 16.5. The van der Waals surface area contributed by atoms with Crippen molar-refractivity contribution in [2.75, 3.05) is 13.7 Å². The van der Waals surface area contributed by atoms with Crippen LogP contribution in [0, 0.1) is 13.8 Å². The fourth-order valence-electron chi connectivity index (χ4n) is 3.70. The maximum atomic E-state index is 12.6. The number of aryl methyl sites for hydroxylation is 2. The number of carbonyl (C=O) groups excluding carboxylic acids is 1. The van der Waals surface area contributed by atoms with E-state index in [0.29, 0.717) is 13.0 Å².